The second-order valence-electron chi connectivity index (χ2n) is 5.37. The van der Waals surface area contributed by atoms with Crippen LogP contribution in [0.2, 0.25) is 0 Å². The zero-order valence-corrected chi connectivity index (χ0v) is 14.3. The third-order valence-corrected chi connectivity index (χ3v) is 3.23. The summed E-state index contributed by atoms with van der Waals surface area (Å²) < 4.78 is 4.94. The predicted octanol–water partition coefficient (Wildman–Crippen LogP) is 2.20. The number of hydrogen-bond donors (Lipinski definition) is 2. The molecule has 0 fully saturated rings. The van der Waals surface area contributed by atoms with E-state index in [1.165, 1.54) is 13.0 Å². The fraction of sp³-hybridized carbons (Fsp3) is 0.389. The predicted molar refractivity (Wildman–Crippen MR) is 91.8 cm³/mol. The Morgan fingerprint density at radius 1 is 1.12 bits per heavy atom. The quantitative estimate of drug-likeness (QED) is 0.331. The minimum atomic E-state index is -0.435. The van der Waals surface area contributed by atoms with Gasteiger partial charge in [0.25, 0.3) is 5.91 Å². The number of benzene rings is 1. The highest BCUT2D eigenvalue weighted by atomic mass is 16.5. The van der Waals surface area contributed by atoms with Crippen LogP contribution in [0.5, 0.6) is 5.75 Å². The second-order valence-corrected chi connectivity index (χ2v) is 5.37. The van der Waals surface area contributed by atoms with Gasteiger partial charge in [0.1, 0.15) is 5.75 Å². The number of carbonyl (C=O) groups excluding carboxylic acids is 3. The van der Waals surface area contributed by atoms with Crippen LogP contribution in [0.25, 0.3) is 0 Å². The molecule has 0 aliphatic rings. The molecule has 1 rings (SSSR count). The molecule has 0 atom stereocenters. The number of esters is 1. The summed E-state index contributed by atoms with van der Waals surface area (Å²) in [6.07, 6.45) is 3.05. The smallest absolute Gasteiger partial charge is 0.308 e. The van der Waals surface area contributed by atoms with E-state index < -0.39 is 5.97 Å². The van der Waals surface area contributed by atoms with E-state index in [0.717, 1.165) is 12.0 Å². The Labute approximate surface area is 142 Å². The maximum absolute atomic E-state index is 12.0. The van der Waals surface area contributed by atoms with Crippen LogP contribution in [0.4, 0.5) is 0 Å². The lowest BCUT2D eigenvalue weighted by Crippen LogP contribution is -2.29. The van der Waals surface area contributed by atoms with Gasteiger partial charge >= 0.3 is 5.97 Å². The Morgan fingerprint density at radius 2 is 1.83 bits per heavy atom. The highest BCUT2D eigenvalue weighted by Gasteiger charge is 2.07. The first-order chi connectivity index (χ1) is 11.4. The van der Waals surface area contributed by atoms with Gasteiger partial charge in [0.2, 0.25) is 5.91 Å². The molecular formula is C18H24N2O4. The minimum absolute atomic E-state index is 0.116. The Morgan fingerprint density at radius 3 is 2.50 bits per heavy atom. The monoisotopic (exact) mass is 332 g/mol. The Hall–Kier alpha value is -2.63. The van der Waals surface area contributed by atoms with Crippen LogP contribution in [0.1, 0.15) is 44.0 Å². The van der Waals surface area contributed by atoms with Crippen LogP contribution >= 0.6 is 0 Å². The SMILES string of the molecule is CC/C(C)=C/C(=O)NCCCNC(=O)c1cccc(OC(C)=O)c1. The first-order valence-electron chi connectivity index (χ1n) is 7.94. The van der Waals surface area contributed by atoms with Gasteiger partial charge in [-0.3, -0.25) is 14.4 Å². The molecular weight excluding hydrogens is 308 g/mol. The van der Waals surface area contributed by atoms with Crippen LogP contribution in [0, 0.1) is 0 Å². The van der Waals surface area contributed by atoms with Gasteiger partial charge in [-0.1, -0.05) is 18.6 Å². The highest BCUT2D eigenvalue weighted by molar-refractivity contribution is 5.94. The van der Waals surface area contributed by atoms with Crippen molar-refractivity contribution in [3.63, 3.8) is 0 Å². The van der Waals surface area contributed by atoms with Crippen molar-refractivity contribution in [1.29, 1.82) is 0 Å². The number of carbonyl (C=O) groups is 3. The molecule has 6 nitrogen and oxygen atoms in total. The van der Waals surface area contributed by atoms with E-state index in [0.29, 0.717) is 30.8 Å². The molecule has 0 radical (unpaired) electrons. The number of allylic oxidation sites excluding steroid dienone is 1. The van der Waals surface area contributed by atoms with Crippen molar-refractivity contribution < 1.29 is 19.1 Å². The van der Waals surface area contributed by atoms with Crippen molar-refractivity contribution in [2.24, 2.45) is 0 Å². The average Bonchev–Trinajstić information content (AvgIpc) is 2.53. The summed E-state index contributed by atoms with van der Waals surface area (Å²) >= 11 is 0. The van der Waals surface area contributed by atoms with Crippen molar-refractivity contribution in [1.82, 2.24) is 10.6 Å². The molecule has 0 saturated heterocycles. The lowest BCUT2D eigenvalue weighted by molar-refractivity contribution is -0.131. The van der Waals surface area contributed by atoms with Gasteiger partial charge in [-0.2, -0.15) is 0 Å². The Kier molecular flexibility index (Phi) is 8.25. The standard InChI is InChI=1S/C18H24N2O4/c1-4-13(2)11-17(22)19-9-6-10-20-18(23)15-7-5-8-16(12-15)24-14(3)21/h5,7-8,11-12H,4,6,9-10H2,1-3H3,(H,19,22)(H,20,23)/b13-11+. The number of ether oxygens (including phenoxy) is 1. The van der Waals surface area contributed by atoms with Crippen LogP contribution in [0.15, 0.2) is 35.9 Å². The molecule has 6 heteroatoms. The molecule has 0 aliphatic heterocycles. The second kappa shape index (κ2) is 10.2. The van der Waals surface area contributed by atoms with Gasteiger partial charge in [-0.25, -0.2) is 0 Å². The third-order valence-electron chi connectivity index (χ3n) is 3.23. The summed E-state index contributed by atoms with van der Waals surface area (Å²) in [5.41, 5.74) is 1.44. The summed E-state index contributed by atoms with van der Waals surface area (Å²) in [4.78, 5) is 34.5. The maximum Gasteiger partial charge on any atom is 0.308 e. The fourth-order valence-corrected chi connectivity index (χ4v) is 1.85. The molecule has 0 aromatic heterocycles. The number of nitrogens with one attached hydrogen (secondary N) is 2. The molecule has 1 aromatic rings. The van der Waals surface area contributed by atoms with Gasteiger partial charge in [-0.05, 0) is 38.0 Å². The number of rotatable bonds is 8. The van der Waals surface area contributed by atoms with E-state index in [9.17, 15) is 14.4 Å². The summed E-state index contributed by atoms with van der Waals surface area (Å²) in [5.74, 6) is -0.469. The molecule has 0 saturated carbocycles. The minimum Gasteiger partial charge on any atom is -0.427 e. The normalized spacial score (nSPS) is 10.9. The van der Waals surface area contributed by atoms with Crippen LogP contribution in [0.3, 0.4) is 0 Å². The fourth-order valence-electron chi connectivity index (χ4n) is 1.85. The molecule has 0 spiro atoms. The van der Waals surface area contributed by atoms with Crippen molar-refractivity contribution in [2.75, 3.05) is 13.1 Å². The van der Waals surface area contributed by atoms with Crippen LogP contribution in [-0.2, 0) is 9.59 Å². The van der Waals surface area contributed by atoms with E-state index in [2.05, 4.69) is 10.6 Å². The summed E-state index contributed by atoms with van der Waals surface area (Å²) in [6, 6.07) is 6.41. The van der Waals surface area contributed by atoms with Crippen molar-refractivity contribution in [3.8, 4) is 5.75 Å². The van der Waals surface area contributed by atoms with Gasteiger partial charge in [0, 0.05) is 31.7 Å². The zero-order valence-electron chi connectivity index (χ0n) is 14.3. The largest absolute Gasteiger partial charge is 0.427 e. The Balaban J connectivity index is 2.34. The zero-order chi connectivity index (χ0) is 17.9. The first-order valence-corrected chi connectivity index (χ1v) is 7.94. The van der Waals surface area contributed by atoms with Gasteiger partial charge < -0.3 is 15.4 Å². The Bertz CT molecular complexity index is 623. The summed E-state index contributed by atoms with van der Waals surface area (Å²) in [6.45, 7) is 6.13. The summed E-state index contributed by atoms with van der Waals surface area (Å²) in [7, 11) is 0. The lowest BCUT2D eigenvalue weighted by atomic mass is 10.2. The number of hydrogen-bond acceptors (Lipinski definition) is 4. The summed E-state index contributed by atoms with van der Waals surface area (Å²) in [5, 5.41) is 5.53. The molecule has 24 heavy (non-hydrogen) atoms. The maximum atomic E-state index is 12.0. The molecule has 2 amide bonds. The molecule has 0 unspecified atom stereocenters. The molecule has 130 valence electrons. The van der Waals surface area contributed by atoms with E-state index >= 15 is 0 Å². The van der Waals surface area contributed by atoms with Gasteiger partial charge in [0.05, 0.1) is 0 Å². The molecule has 1 aromatic carbocycles. The van der Waals surface area contributed by atoms with E-state index in [1.54, 1.807) is 24.3 Å². The lowest BCUT2D eigenvalue weighted by Gasteiger charge is -2.07. The van der Waals surface area contributed by atoms with Gasteiger partial charge in [-0.15, -0.1) is 0 Å². The third kappa shape index (κ3) is 7.58. The van der Waals surface area contributed by atoms with Crippen molar-refractivity contribution in [3.05, 3.63) is 41.5 Å². The van der Waals surface area contributed by atoms with Crippen molar-refractivity contribution in [2.45, 2.75) is 33.6 Å². The van der Waals surface area contributed by atoms with E-state index in [1.807, 2.05) is 13.8 Å². The molecule has 0 bridgehead atoms. The van der Waals surface area contributed by atoms with Crippen LogP contribution in [-0.4, -0.2) is 30.9 Å². The number of amides is 2. The first kappa shape index (κ1) is 19.4. The molecule has 2 N–H and O–H groups in total. The molecule has 0 heterocycles. The van der Waals surface area contributed by atoms with Gasteiger partial charge in [0.15, 0.2) is 0 Å². The van der Waals surface area contributed by atoms with Crippen molar-refractivity contribution >= 4 is 17.8 Å². The topological polar surface area (TPSA) is 84.5 Å². The van der Waals surface area contributed by atoms with E-state index in [-0.39, 0.29) is 11.8 Å². The molecule has 0 aliphatic carbocycles. The highest BCUT2D eigenvalue weighted by Crippen LogP contribution is 2.13. The van der Waals surface area contributed by atoms with E-state index in [4.69, 9.17) is 4.74 Å². The average molecular weight is 332 g/mol. The van der Waals surface area contributed by atoms with Crippen LogP contribution < -0.4 is 15.4 Å².